The van der Waals surface area contributed by atoms with Crippen molar-refractivity contribution in [1.82, 2.24) is 19.4 Å². The first kappa shape index (κ1) is 20.4. The van der Waals surface area contributed by atoms with Crippen molar-refractivity contribution in [2.45, 2.75) is 52.7 Å². The number of hydrogen-bond donors (Lipinski definition) is 0. The number of fused-ring (bicyclic) bond motifs is 2. The van der Waals surface area contributed by atoms with Gasteiger partial charge in [-0.1, -0.05) is 24.3 Å². The molecule has 5 rings (SSSR count). The highest BCUT2D eigenvalue weighted by Crippen LogP contribution is 2.27. The third-order valence-electron chi connectivity index (χ3n) is 6.71. The Hall–Kier alpha value is -2.51. The number of hydrogen-bond acceptors (Lipinski definition) is 5. The van der Waals surface area contributed by atoms with Crippen molar-refractivity contribution >= 4 is 27.5 Å². The van der Waals surface area contributed by atoms with Gasteiger partial charge < -0.3 is 4.90 Å². The van der Waals surface area contributed by atoms with Gasteiger partial charge in [-0.25, -0.2) is 4.98 Å². The summed E-state index contributed by atoms with van der Waals surface area (Å²) in [6.45, 7) is 8.03. The van der Waals surface area contributed by atoms with E-state index in [9.17, 15) is 9.59 Å². The molecule has 0 aliphatic carbocycles. The highest BCUT2D eigenvalue weighted by atomic mass is 32.1. The molecule has 0 bridgehead atoms. The van der Waals surface area contributed by atoms with Crippen LogP contribution in [-0.2, 0) is 30.8 Å². The molecule has 3 aromatic rings. The number of likely N-dealkylation sites (tertiary alicyclic amines) is 1. The summed E-state index contributed by atoms with van der Waals surface area (Å²) in [5.74, 6) is 0.705. The first-order chi connectivity index (χ1) is 15.0. The minimum absolute atomic E-state index is 0.00923. The number of nitrogens with zero attached hydrogens (tertiary/aromatic N) is 4. The molecule has 0 atom stereocenters. The molecule has 2 aliphatic heterocycles. The van der Waals surface area contributed by atoms with Gasteiger partial charge in [0.25, 0.3) is 5.56 Å². The van der Waals surface area contributed by atoms with Gasteiger partial charge in [-0.2, -0.15) is 0 Å². The smallest absolute Gasteiger partial charge is 0.263 e. The van der Waals surface area contributed by atoms with Crippen LogP contribution in [0.1, 0.15) is 40.2 Å². The van der Waals surface area contributed by atoms with Gasteiger partial charge >= 0.3 is 0 Å². The van der Waals surface area contributed by atoms with Crippen LogP contribution in [0, 0.1) is 13.8 Å². The van der Waals surface area contributed by atoms with Crippen molar-refractivity contribution in [3.8, 4) is 0 Å². The van der Waals surface area contributed by atoms with Gasteiger partial charge in [-0.3, -0.25) is 19.1 Å². The van der Waals surface area contributed by atoms with Crippen LogP contribution in [-0.4, -0.2) is 44.9 Å². The Labute approximate surface area is 186 Å². The number of carbonyl (C=O) groups is 1. The van der Waals surface area contributed by atoms with E-state index in [-0.39, 0.29) is 18.0 Å². The van der Waals surface area contributed by atoms with E-state index in [2.05, 4.69) is 17.0 Å². The molecule has 2 aromatic heterocycles. The summed E-state index contributed by atoms with van der Waals surface area (Å²) in [5.41, 5.74) is 3.42. The van der Waals surface area contributed by atoms with Crippen LogP contribution in [0.3, 0.4) is 0 Å². The fourth-order valence-electron chi connectivity index (χ4n) is 4.74. The van der Waals surface area contributed by atoms with E-state index >= 15 is 0 Å². The zero-order valence-corrected chi connectivity index (χ0v) is 19.0. The molecule has 0 spiro atoms. The molecule has 7 heteroatoms. The van der Waals surface area contributed by atoms with Crippen LogP contribution >= 0.6 is 11.3 Å². The minimum Gasteiger partial charge on any atom is -0.336 e. The Morgan fingerprint density at radius 2 is 1.84 bits per heavy atom. The second-order valence-electron chi connectivity index (χ2n) is 8.70. The predicted octanol–water partition coefficient (Wildman–Crippen LogP) is 3.26. The number of aromatic nitrogens is 2. The molecule has 0 saturated carbocycles. The van der Waals surface area contributed by atoms with Crippen molar-refractivity contribution in [1.29, 1.82) is 0 Å². The molecular formula is C24H28N4O2S. The lowest BCUT2D eigenvalue weighted by molar-refractivity contribution is -0.132. The zero-order chi connectivity index (χ0) is 21.5. The lowest BCUT2D eigenvalue weighted by Crippen LogP contribution is -2.41. The summed E-state index contributed by atoms with van der Waals surface area (Å²) >= 11 is 1.57. The van der Waals surface area contributed by atoms with Crippen LogP contribution in [0.4, 0.5) is 0 Å². The standard InChI is InChI=1S/C24H28N4O2S/c1-16-17(2)31-23-22(16)24(30)28(20(25-23)14-26-10-5-6-11-26)15-21(29)27-12-9-18-7-3-4-8-19(18)13-27/h3-4,7-8H,5-6,9-15H2,1-2H3. The number of benzene rings is 1. The van der Waals surface area contributed by atoms with Gasteiger partial charge in [0, 0.05) is 18.0 Å². The Kier molecular flexibility index (Phi) is 5.40. The predicted molar refractivity (Wildman–Crippen MR) is 123 cm³/mol. The first-order valence-electron chi connectivity index (χ1n) is 11.1. The summed E-state index contributed by atoms with van der Waals surface area (Å²) < 4.78 is 1.64. The van der Waals surface area contributed by atoms with Crippen LogP contribution in [0.5, 0.6) is 0 Å². The second kappa shape index (κ2) is 8.20. The normalized spacial score (nSPS) is 16.8. The summed E-state index contributed by atoms with van der Waals surface area (Å²) in [5, 5.41) is 0.671. The third-order valence-corrected chi connectivity index (χ3v) is 7.81. The topological polar surface area (TPSA) is 58.4 Å². The third kappa shape index (κ3) is 3.81. The van der Waals surface area contributed by atoms with Crippen molar-refractivity contribution in [2.24, 2.45) is 0 Å². The molecule has 0 unspecified atom stereocenters. The van der Waals surface area contributed by atoms with Gasteiger partial charge in [0.2, 0.25) is 5.91 Å². The van der Waals surface area contributed by atoms with E-state index in [1.54, 1.807) is 15.9 Å². The van der Waals surface area contributed by atoms with Crippen molar-refractivity contribution < 1.29 is 4.79 Å². The molecule has 0 N–H and O–H groups in total. The Bertz CT molecular complexity index is 1210. The average molecular weight is 437 g/mol. The lowest BCUT2D eigenvalue weighted by atomic mass is 10.00. The number of carbonyl (C=O) groups excluding carboxylic acids is 1. The molecule has 1 fully saturated rings. The first-order valence-corrected chi connectivity index (χ1v) is 11.9. The number of aryl methyl sites for hydroxylation is 2. The fourth-order valence-corrected chi connectivity index (χ4v) is 5.78. The Morgan fingerprint density at radius 1 is 1.10 bits per heavy atom. The molecule has 6 nitrogen and oxygen atoms in total. The van der Waals surface area contributed by atoms with Crippen molar-refractivity contribution in [2.75, 3.05) is 19.6 Å². The van der Waals surface area contributed by atoms with Crippen LogP contribution in [0.2, 0.25) is 0 Å². The Morgan fingerprint density at radius 3 is 2.61 bits per heavy atom. The van der Waals surface area contributed by atoms with Gasteiger partial charge in [0.15, 0.2) is 0 Å². The maximum absolute atomic E-state index is 13.5. The van der Waals surface area contributed by atoms with Crippen molar-refractivity contribution in [3.63, 3.8) is 0 Å². The molecule has 1 saturated heterocycles. The van der Waals surface area contributed by atoms with Gasteiger partial charge in [0.05, 0.1) is 11.9 Å². The minimum atomic E-state index is -0.0770. The Balaban J connectivity index is 1.48. The largest absolute Gasteiger partial charge is 0.336 e. The lowest BCUT2D eigenvalue weighted by Gasteiger charge is -2.29. The maximum Gasteiger partial charge on any atom is 0.263 e. The van der Waals surface area contributed by atoms with E-state index < -0.39 is 0 Å². The van der Waals surface area contributed by atoms with Gasteiger partial charge in [-0.05, 0) is 62.9 Å². The molecule has 162 valence electrons. The highest BCUT2D eigenvalue weighted by Gasteiger charge is 2.25. The highest BCUT2D eigenvalue weighted by molar-refractivity contribution is 7.18. The van der Waals surface area contributed by atoms with E-state index in [4.69, 9.17) is 4.98 Å². The maximum atomic E-state index is 13.5. The molecule has 1 amide bonds. The molecule has 4 heterocycles. The summed E-state index contributed by atoms with van der Waals surface area (Å²) in [7, 11) is 0. The van der Waals surface area contributed by atoms with Crippen LogP contribution in [0.15, 0.2) is 29.1 Å². The van der Waals surface area contributed by atoms with Gasteiger partial charge in [-0.15, -0.1) is 11.3 Å². The number of thiophene rings is 1. The summed E-state index contributed by atoms with van der Waals surface area (Å²) in [6.07, 6.45) is 3.21. The average Bonchev–Trinajstić information content (AvgIpc) is 3.38. The van der Waals surface area contributed by atoms with E-state index in [0.29, 0.717) is 30.8 Å². The molecular weight excluding hydrogens is 408 g/mol. The van der Waals surface area contributed by atoms with E-state index in [1.165, 1.54) is 24.0 Å². The van der Waals surface area contributed by atoms with Gasteiger partial charge in [0.1, 0.15) is 17.2 Å². The summed E-state index contributed by atoms with van der Waals surface area (Å²) in [6, 6.07) is 8.29. The molecule has 0 radical (unpaired) electrons. The van der Waals surface area contributed by atoms with E-state index in [1.807, 2.05) is 30.9 Å². The van der Waals surface area contributed by atoms with Crippen molar-refractivity contribution in [3.05, 3.63) is 62.0 Å². The fraction of sp³-hybridized carbons (Fsp3) is 0.458. The summed E-state index contributed by atoms with van der Waals surface area (Å²) in [4.78, 5) is 37.8. The monoisotopic (exact) mass is 436 g/mol. The number of rotatable bonds is 4. The second-order valence-corrected chi connectivity index (χ2v) is 9.90. The molecule has 31 heavy (non-hydrogen) atoms. The molecule has 1 aromatic carbocycles. The zero-order valence-electron chi connectivity index (χ0n) is 18.2. The molecule has 2 aliphatic rings. The SMILES string of the molecule is Cc1sc2nc(CN3CCCC3)n(CC(=O)N3CCc4ccccc4C3)c(=O)c2c1C. The van der Waals surface area contributed by atoms with Crippen LogP contribution < -0.4 is 5.56 Å². The quantitative estimate of drug-likeness (QED) is 0.630. The number of amides is 1. The van der Waals surface area contributed by atoms with Crippen LogP contribution in [0.25, 0.3) is 10.2 Å². The van der Waals surface area contributed by atoms with E-state index in [0.717, 1.165) is 34.8 Å².